The maximum atomic E-state index is 4.03. The first-order chi connectivity index (χ1) is 5.47. The van der Waals surface area contributed by atoms with Crippen molar-refractivity contribution in [2.75, 3.05) is 0 Å². The Labute approximate surface area is 91.0 Å². The van der Waals surface area contributed by atoms with E-state index in [1.165, 1.54) is 25.0 Å². The Hall–Kier alpha value is -0.470. The summed E-state index contributed by atoms with van der Waals surface area (Å²) in [7, 11) is 0. The highest BCUT2D eigenvalue weighted by molar-refractivity contribution is 5.85. The van der Waals surface area contributed by atoms with Gasteiger partial charge in [0.1, 0.15) is 0 Å². The van der Waals surface area contributed by atoms with Gasteiger partial charge in [0.05, 0.1) is 0 Å². The molecule has 0 radical (unpaired) electrons. The summed E-state index contributed by atoms with van der Waals surface area (Å²) in [5.74, 6) is 0.745. The lowest BCUT2D eigenvalue weighted by molar-refractivity contribution is 0.351. The number of rotatable bonds is 1. The highest BCUT2D eigenvalue weighted by Gasteiger charge is 2.21. The van der Waals surface area contributed by atoms with Gasteiger partial charge in [0.25, 0.3) is 0 Å². The third-order valence-electron chi connectivity index (χ3n) is 2.29. The monoisotopic (exact) mass is 220 g/mol. The van der Waals surface area contributed by atoms with Gasteiger partial charge in [0.2, 0.25) is 0 Å². The Morgan fingerprint density at radius 1 is 1.23 bits per heavy atom. The number of allylic oxidation sites excluding steroid dienone is 4. The van der Waals surface area contributed by atoms with Crippen LogP contribution in [0.3, 0.4) is 0 Å². The number of nitrogens with zero attached hydrogens (tertiary/aromatic N) is 1. The molecular weight excluding hydrogens is 207 g/mol. The van der Waals surface area contributed by atoms with E-state index >= 15 is 0 Å². The third-order valence-corrected chi connectivity index (χ3v) is 2.29. The van der Waals surface area contributed by atoms with Gasteiger partial charge in [0.15, 0.2) is 0 Å². The van der Waals surface area contributed by atoms with Gasteiger partial charge in [-0.15, -0.1) is 24.8 Å². The Morgan fingerprint density at radius 3 is 2.62 bits per heavy atom. The predicted molar refractivity (Wildman–Crippen MR) is 60.7 cm³/mol. The summed E-state index contributed by atoms with van der Waals surface area (Å²) in [6, 6.07) is 0. The van der Waals surface area contributed by atoms with Crippen molar-refractivity contribution < 1.29 is 0 Å². The predicted octanol–water partition coefficient (Wildman–Crippen LogP) is 2.66. The van der Waals surface area contributed by atoms with Crippen LogP contribution >= 0.6 is 24.8 Å². The fourth-order valence-electron chi connectivity index (χ4n) is 1.35. The summed E-state index contributed by atoms with van der Waals surface area (Å²) in [5.41, 5.74) is 4.33. The van der Waals surface area contributed by atoms with Gasteiger partial charge in [-0.05, 0) is 25.0 Å². The van der Waals surface area contributed by atoms with E-state index in [0.717, 1.165) is 5.92 Å². The van der Waals surface area contributed by atoms with Crippen LogP contribution in [0.4, 0.5) is 0 Å². The van der Waals surface area contributed by atoms with Crippen LogP contribution in [0.15, 0.2) is 29.0 Å². The molecule has 2 rings (SSSR count). The first-order valence-corrected chi connectivity index (χ1v) is 4.13. The van der Waals surface area contributed by atoms with Crippen LogP contribution in [0.2, 0.25) is 0 Å². The zero-order chi connectivity index (χ0) is 7.52. The molecule has 0 aromatic rings. The van der Waals surface area contributed by atoms with E-state index in [1.807, 2.05) is 12.2 Å². The molecule has 0 saturated heterocycles. The summed E-state index contributed by atoms with van der Waals surface area (Å²) >= 11 is 0. The molecule has 74 valence electrons. The molecule has 0 aromatic heterocycles. The van der Waals surface area contributed by atoms with E-state index in [4.69, 9.17) is 0 Å². The molecule has 0 spiro atoms. The van der Waals surface area contributed by atoms with Crippen LogP contribution in [0, 0.1) is 5.92 Å². The summed E-state index contributed by atoms with van der Waals surface area (Å²) in [6.07, 6.45) is 11.9. The van der Waals surface area contributed by atoms with Gasteiger partial charge < -0.3 is 0 Å². The number of hydrogen-bond donors (Lipinski definition) is 1. The van der Waals surface area contributed by atoms with Crippen LogP contribution in [-0.4, -0.2) is 6.21 Å². The van der Waals surface area contributed by atoms with Crippen molar-refractivity contribution in [3.05, 3.63) is 23.9 Å². The van der Waals surface area contributed by atoms with Crippen LogP contribution in [0.25, 0.3) is 0 Å². The molecule has 13 heavy (non-hydrogen) atoms. The molecule has 0 aromatic carbocycles. The lowest BCUT2D eigenvalue weighted by atomic mass is 9.83. The van der Waals surface area contributed by atoms with E-state index in [2.05, 4.69) is 16.6 Å². The summed E-state index contributed by atoms with van der Waals surface area (Å²) < 4.78 is 0. The Balaban J connectivity index is 0.000000720. The van der Waals surface area contributed by atoms with Crippen molar-refractivity contribution in [1.82, 2.24) is 5.43 Å². The molecule has 0 atom stereocenters. The first-order valence-electron chi connectivity index (χ1n) is 4.13. The molecule has 0 unspecified atom stereocenters. The number of hydrogen-bond acceptors (Lipinski definition) is 2. The van der Waals surface area contributed by atoms with E-state index in [0.29, 0.717) is 0 Å². The van der Waals surface area contributed by atoms with Gasteiger partial charge in [0, 0.05) is 17.8 Å². The highest BCUT2D eigenvalue weighted by Crippen LogP contribution is 2.31. The minimum absolute atomic E-state index is 0. The molecule has 2 aliphatic rings. The number of nitrogens with one attached hydrogen (secondary N) is 1. The Kier molecular flexibility index (Phi) is 5.84. The van der Waals surface area contributed by atoms with Gasteiger partial charge in [-0.1, -0.05) is 12.5 Å². The van der Waals surface area contributed by atoms with Gasteiger partial charge >= 0.3 is 0 Å². The lowest BCUT2D eigenvalue weighted by Crippen LogP contribution is -2.21. The SMILES string of the molecule is C1=CC=C(C2CCC2)NN=C1.Cl.Cl. The Morgan fingerprint density at radius 2 is 2.00 bits per heavy atom. The fourth-order valence-corrected chi connectivity index (χ4v) is 1.35. The normalized spacial score (nSPS) is 19.8. The minimum Gasteiger partial charge on any atom is -0.282 e. The van der Waals surface area contributed by atoms with E-state index in [9.17, 15) is 0 Å². The zero-order valence-corrected chi connectivity index (χ0v) is 8.90. The van der Waals surface area contributed by atoms with Crippen molar-refractivity contribution in [3.63, 3.8) is 0 Å². The lowest BCUT2D eigenvalue weighted by Gasteiger charge is -2.27. The standard InChI is InChI=1S/C9H12N2.2ClH/c1-2-7-10-11-9(6-1)8-4-3-5-8;;/h1-2,6-8,11H,3-5H2;2*1H. The molecule has 1 heterocycles. The quantitative estimate of drug-likeness (QED) is 0.723. The largest absolute Gasteiger partial charge is 0.282 e. The van der Waals surface area contributed by atoms with Crippen molar-refractivity contribution in [3.8, 4) is 0 Å². The van der Waals surface area contributed by atoms with E-state index in [-0.39, 0.29) is 24.8 Å². The van der Waals surface area contributed by atoms with E-state index < -0.39 is 0 Å². The maximum absolute atomic E-state index is 4.03. The molecule has 1 aliphatic heterocycles. The zero-order valence-electron chi connectivity index (χ0n) is 7.27. The minimum atomic E-state index is 0. The van der Waals surface area contributed by atoms with Crippen LogP contribution in [0.1, 0.15) is 19.3 Å². The average Bonchev–Trinajstić information content (AvgIpc) is 2.12. The average molecular weight is 221 g/mol. The summed E-state index contributed by atoms with van der Waals surface area (Å²) in [4.78, 5) is 0. The second kappa shape index (κ2) is 6.06. The fraction of sp³-hybridized carbons (Fsp3) is 0.444. The number of halogens is 2. The van der Waals surface area contributed by atoms with Crippen LogP contribution < -0.4 is 5.43 Å². The number of hydrazone groups is 1. The van der Waals surface area contributed by atoms with Crippen molar-refractivity contribution in [1.29, 1.82) is 0 Å². The second-order valence-electron chi connectivity index (χ2n) is 3.02. The molecular formula is C9H14Cl2N2. The molecule has 1 aliphatic carbocycles. The molecule has 1 N–H and O–H groups in total. The first kappa shape index (κ1) is 12.5. The van der Waals surface area contributed by atoms with Gasteiger partial charge in [-0.25, -0.2) is 0 Å². The van der Waals surface area contributed by atoms with Crippen LogP contribution in [-0.2, 0) is 0 Å². The van der Waals surface area contributed by atoms with Gasteiger partial charge in [-0.3, -0.25) is 5.43 Å². The molecule has 0 amide bonds. The summed E-state index contributed by atoms with van der Waals surface area (Å²) in [6.45, 7) is 0. The van der Waals surface area contributed by atoms with Crippen molar-refractivity contribution in [2.45, 2.75) is 19.3 Å². The Bertz CT molecular complexity index is 230. The summed E-state index contributed by atoms with van der Waals surface area (Å²) in [5, 5.41) is 4.03. The van der Waals surface area contributed by atoms with Crippen molar-refractivity contribution in [2.24, 2.45) is 11.0 Å². The third kappa shape index (κ3) is 3.05. The molecule has 4 heteroatoms. The molecule has 2 nitrogen and oxygen atoms in total. The van der Waals surface area contributed by atoms with Crippen molar-refractivity contribution >= 4 is 31.0 Å². The highest BCUT2D eigenvalue weighted by atomic mass is 35.5. The smallest absolute Gasteiger partial charge is 0.0472 e. The topological polar surface area (TPSA) is 24.4 Å². The van der Waals surface area contributed by atoms with Gasteiger partial charge in [-0.2, -0.15) is 5.10 Å². The molecule has 0 bridgehead atoms. The molecule has 1 fully saturated rings. The maximum Gasteiger partial charge on any atom is 0.0472 e. The van der Waals surface area contributed by atoms with Crippen LogP contribution in [0.5, 0.6) is 0 Å². The molecule has 1 saturated carbocycles. The van der Waals surface area contributed by atoms with E-state index in [1.54, 1.807) is 6.21 Å². The second-order valence-corrected chi connectivity index (χ2v) is 3.02.